The number of para-hydroxylation sites is 1. The van der Waals surface area contributed by atoms with E-state index in [0.29, 0.717) is 28.1 Å². The van der Waals surface area contributed by atoms with Crippen molar-refractivity contribution in [1.82, 2.24) is 9.78 Å². The zero-order valence-electron chi connectivity index (χ0n) is 19.1. The minimum atomic E-state index is -0.255. The Morgan fingerprint density at radius 3 is 2.38 bits per heavy atom. The van der Waals surface area contributed by atoms with Gasteiger partial charge in [0.1, 0.15) is 17.2 Å². The lowest BCUT2D eigenvalue weighted by Crippen LogP contribution is -2.15. The first-order valence-corrected chi connectivity index (χ1v) is 11.0. The second kappa shape index (κ2) is 8.48. The van der Waals surface area contributed by atoms with Crippen molar-refractivity contribution in [2.45, 2.75) is 20.8 Å². The third kappa shape index (κ3) is 4.01. The average molecular weight is 450 g/mol. The Hall–Kier alpha value is -4.45. The van der Waals surface area contributed by atoms with Crippen LogP contribution >= 0.6 is 0 Å². The minimum absolute atomic E-state index is 0.0885. The highest BCUT2D eigenvalue weighted by Crippen LogP contribution is 2.26. The second-order valence-corrected chi connectivity index (χ2v) is 8.38. The number of nitrogens with one attached hydrogen (secondary N) is 1. The molecule has 2 heterocycles. The van der Waals surface area contributed by atoms with Gasteiger partial charge in [0, 0.05) is 23.3 Å². The lowest BCUT2D eigenvalue weighted by atomic mass is 10.1. The molecule has 0 bridgehead atoms. The van der Waals surface area contributed by atoms with Crippen molar-refractivity contribution >= 4 is 22.7 Å². The van der Waals surface area contributed by atoms with Gasteiger partial charge in [-0.3, -0.25) is 9.59 Å². The van der Waals surface area contributed by atoms with E-state index in [4.69, 9.17) is 4.42 Å². The topological polar surface area (TPSA) is 77.1 Å². The zero-order chi connectivity index (χ0) is 23.8. The van der Waals surface area contributed by atoms with Crippen molar-refractivity contribution in [2.75, 3.05) is 5.32 Å². The van der Waals surface area contributed by atoms with Crippen molar-refractivity contribution in [3.8, 4) is 17.0 Å². The molecule has 0 saturated heterocycles. The molecule has 0 fully saturated rings. The second-order valence-electron chi connectivity index (χ2n) is 8.38. The molecule has 168 valence electrons. The lowest BCUT2D eigenvalue weighted by molar-refractivity contribution is 0.102. The van der Waals surface area contributed by atoms with Gasteiger partial charge in [-0.1, -0.05) is 36.4 Å². The Labute approximate surface area is 196 Å². The van der Waals surface area contributed by atoms with Crippen LogP contribution in [0.4, 0.5) is 5.82 Å². The number of aryl methyl sites for hydroxylation is 3. The van der Waals surface area contributed by atoms with Crippen LogP contribution in [0.3, 0.4) is 0 Å². The summed E-state index contributed by atoms with van der Waals surface area (Å²) < 4.78 is 7.77. The summed E-state index contributed by atoms with van der Waals surface area (Å²) in [6.07, 6.45) is 0. The average Bonchev–Trinajstić information content (AvgIpc) is 3.20. The first kappa shape index (κ1) is 21.4. The van der Waals surface area contributed by atoms with Crippen LogP contribution in [0.1, 0.15) is 27.2 Å². The van der Waals surface area contributed by atoms with Gasteiger partial charge in [-0.25, -0.2) is 4.68 Å². The number of hydrogen-bond donors (Lipinski definition) is 1. The molecule has 1 amide bonds. The number of hydrogen-bond acceptors (Lipinski definition) is 4. The third-order valence-corrected chi connectivity index (χ3v) is 5.66. The number of anilines is 1. The van der Waals surface area contributed by atoms with Gasteiger partial charge in [-0.15, -0.1) is 0 Å². The zero-order valence-corrected chi connectivity index (χ0v) is 19.1. The van der Waals surface area contributed by atoms with E-state index in [1.54, 1.807) is 28.9 Å². The van der Waals surface area contributed by atoms with Gasteiger partial charge < -0.3 is 9.73 Å². The Balaban J connectivity index is 1.42. The number of amides is 1. The summed E-state index contributed by atoms with van der Waals surface area (Å²) in [4.78, 5) is 25.6. The molecule has 2 aromatic heterocycles. The molecular weight excluding hydrogens is 426 g/mol. The van der Waals surface area contributed by atoms with Gasteiger partial charge in [0.25, 0.3) is 5.91 Å². The Morgan fingerprint density at radius 2 is 1.65 bits per heavy atom. The van der Waals surface area contributed by atoms with Crippen LogP contribution in [0.5, 0.6) is 0 Å². The van der Waals surface area contributed by atoms with E-state index in [1.807, 2.05) is 69.3 Å². The molecule has 1 N–H and O–H groups in total. The molecule has 5 aromatic rings. The molecule has 0 radical (unpaired) electrons. The third-order valence-electron chi connectivity index (χ3n) is 5.66. The standard InChI is InChI=1S/C28H23N3O3/c1-17-13-18(2)27-23(14-17)24(32)16-25(34-27)20-9-11-21(12-10-20)28(33)29-26-15-19(3)30-31(26)22-7-5-4-6-8-22/h4-16H,1-3H3,(H,29,33). The first-order chi connectivity index (χ1) is 16.4. The van der Waals surface area contributed by atoms with Gasteiger partial charge >= 0.3 is 0 Å². The number of nitrogens with zero attached hydrogens (tertiary/aromatic N) is 2. The van der Waals surface area contributed by atoms with Crippen LogP contribution in [0.2, 0.25) is 0 Å². The summed E-state index contributed by atoms with van der Waals surface area (Å²) in [5, 5.41) is 8.00. The monoisotopic (exact) mass is 449 g/mol. The number of benzene rings is 3. The normalized spacial score (nSPS) is 11.0. The molecule has 0 aliphatic rings. The largest absolute Gasteiger partial charge is 0.456 e. The van der Waals surface area contributed by atoms with E-state index in [-0.39, 0.29) is 11.3 Å². The van der Waals surface area contributed by atoms with Crippen molar-refractivity contribution in [3.63, 3.8) is 0 Å². The molecule has 0 unspecified atom stereocenters. The number of carbonyl (C=O) groups is 1. The van der Waals surface area contributed by atoms with Crippen LogP contribution in [0.15, 0.2) is 88.1 Å². The summed E-state index contributed by atoms with van der Waals surface area (Å²) >= 11 is 0. The maximum absolute atomic E-state index is 12.9. The predicted molar refractivity (Wildman–Crippen MR) is 134 cm³/mol. The molecule has 3 aromatic carbocycles. The molecule has 6 heteroatoms. The van der Waals surface area contributed by atoms with E-state index in [0.717, 1.165) is 28.1 Å². The number of carbonyl (C=O) groups excluding carboxylic acids is 1. The predicted octanol–water partition coefficient (Wildman–Crippen LogP) is 5.82. The fourth-order valence-electron chi connectivity index (χ4n) is 4.08. The molecule has 0 spiro atoms. The fourth-order valence-corrected chi connectivity index (χ4v) is 4.08. The summed E-state index contributed by atoms with van der Waals surface area (Å²) in [6.45, 7) is 5.76. The maximum Gasteiger partial charge on any atom is 0.256 e. The first-order valence-electron chi connectivity index (χ1n) is 11.0. The van der Waals surface area contributed by atoms with Crippen LogP contribution < -0.4 is 10.7 Å². The molecule has 0 aliphatic heterocycles. The van der Waals surface area contributed by atoms with Crippen LogP contribution in [-0.2, 0) is 0 Å². The summed E-state index contributed by atoms with van der Waals surface area (Å²) in [7, 11) is 0. The van der Waals surface area contributed by atoms with Crippen molar-refractivity contribution in [2.24, 2.45) is 0 Å². The molecule has 0 aliphatic carbocycles. The minimum Gasteiger partial charge on any atom is -0.456 e. The van der Waals surface area contributed by atoms with Crippen molar-refractivity contribution < 1.29 is 9.21 Å². The Kier molecular flexibility index (Phi) is 5.34. The molecule has 5 rings (SSSR count). The Bertz CT molecular complexity index is 1580. The van der Waals surface area contributed by atoms with E-state index in [2.05, 4.69) is 10.4 Å². The van der Waals surface area contributed by atoms with Gasteiger partial charge in [-0.05, 0) is 62.2 Å². The lowest BCUT2D eigenvalue weighted by Gasteiger charge is -2.10. The van der Waals surface area contributed by atoms with E-state index in [1.165, 1.54) is 6.07 Å². The summed E-state index contributed by atoms with van der Waals surface area (Å²) in [6, 6.07) is 23.8. The number of rotatable bonds is 4. The summed E-state index contributed by atoms with van der Waals surface area (Å²) in [5.74, 6) is 0.799. The van der Waals surface area contributed by atoms with Crippen molar-refractivity contribution in [1.29, 1.82) is 0 Å². The quantitative estimate of drug-likeness (QED) is 0.375. The van der Waals surface area contributed by atoms with E-state index < -0.39 is 0 Å². The number of fused-ring (bicyclic) bond motifs is 1. The number of aromatic nitrogens is 2. The van der Waals surface area contributed by atoms with E-state index >= 15 is 0 Å². The van der Waals surface area contributed by atoms with Crippen LogP contribution in [0.25, 0.3) is 28.0 Å². The van der Waals surface area contributed by atoms with Crippen molar-refractivity contribution in [3.05, 3.63) is 111 Å². The molecule has 0 atom stereocenters. The van der Waals surface area contributed by atoms with Gasteiger partial charge in [0.05, 0.1) is 16.8 Å². The highest BCUT2D eigenvalue weighted by Gasteiger charge is 2.14. The van der Waals surface area contributed by atoms with Gasteiger partial charge in [0.15, 0.2) is 5.43 Å². The molecular formula is C28H23N3O3. The summed E-state index contributed by atoms with van der Waals surface area (Å²) in [5.41, 5.74) is 5.29. The fraction of sp³-hybridized carbons (Fsp3) is 0.107. The van der Waals surface area contributed by atoms with Crippen LogP contribution in [-0.4, -0.2) is 15.7 Å². The van der Waals surface area contributed by atoms with Gasteiger partial charge in [-0.2, -0.15) is 5.10 Å². The Morgan fingerprint density at radius 1 is 0.912 bits per heavy atom. The smallest absolute Gasteiger partial charge is 0.256 e. The highest BCUT2D eigenvalue weighted by molar-refractivity contribution is 6.04. The van der Waals surface area contributed by atoms with E-state index in [9.17, 15) is 9.59 Å². The molecule has 6 nitrogen and oxygen atoms in total. The maximum atomic E-state index is 12.9. The van der Waals surface area contributed by atoms with Gasteiger partial charge in [0.2, 0.25) is 0 Å². The SMILES string of the molecule is Cc1cc(C)c2oc(-c3ccc(C(=O)Nc4cc(C)nn4-c4ccccc4)cc3)cc(=O)c2c1. The molecule has 34 heavy (non-hydrogen) atoms. The van der Waals surface area contributed by atoms with Crippen LogP contribution in [0, 0.1) is 20.8 Å². The molecule has 0 saturated carbocycles. The highest BCUT2D eigenvalue weighted by atomic mass is 16.3.